The third kappa shape index (κ3) is 7.36. The number of hydrogen-bond donors (Lipinski definition) is 2. The Morgan fingerprint density at radius 2 is 2.03 bits per heavy atom. The maximum Gasteiger partial charge on any atom is 0.401 e. The van der Waals surface area contributed by atoms with Crippen molar-refractivity contribution in [1.82, 2.24) is 15.5 Å². The molecule has 2 fully saturated rings. The first-order valence-electron chi connectivity index (χ1n) is 10.0. The Hall–Kier alpha value is -1.43. The Morgan fingerprint density at radius 1 is 1.23 bits per heavy atom. The summed E-state index contributed by atoms with van der Waals surface area (Å²) in [5, 5.41) is 6.61. The van der Waals surface area contributed by atoms with Gasteiger partial charge < -0.3 is 20.3 Å². The number of likely N-dealkylation sites (tertiary alicyclic amines) is 1. The fraction of sp³-hybridized carbons (Fsp3) is 0.650. The quantitative estimate of drug-likeness (QED) is 0.330. The third-order valence-electron chi connectivity index (χ3n) is 5.50. The van der Waals surface area contributed by atoms with E-state index < -0.39 is 12.7 Å². The summed E-state index contributed by atoms with van der Waals surface area (Å²) in [5.41, 5.74) is 1.16. The number of hydrogen-bond acceptors (Lipinski definition) is 4. The van der Waals surface area contributed by atoms with Gasteiger partial charge in [0.2, 0.25) is 0 Å². The largest absolute Gasteiger partial charge is 0.497 e. The van der Waals surface area contributed by atoms with Crippen LogP contribution >= 0.6 is 24.0 Å². The zero-order valence-electron chi connectivity index (χ0n) is 17.4. The van der Waals surface area contributed by atoms with E-state index in [0.29, 0.717) is 31.4 Å². The summed E-state index contributed by atoms with van der Waals surface area (Å²) in [6.07, 6.45) is -2.39. The first-order chi connectivity index (χ1) is 13.9. The summed E-state index contributed by atoms with van der Waals surface area (Å²) in [6, 6.07) is 8.05. The number of guanidine groups is 1. The van der Waals surface area contributed by atoms with Gasteiger partial charge in [-0.15, -0.1) is 24.0 Å². The second-order valence-electron chi connectivity index (χ2n) is 7.74. The Kier molecular flexibility index (Phi) is 9.32. The maximum atomic E-state index is 12.5. The lowest BCUT2D eigenvalue weighted by molar-refractivity contribution is -0.143. The minimum Gasteiger partial charge on any atom is -0.497 e. The molecule has 2 atom stereocenters. The molecule has 3 rings (SSSR count). The van der Waals surface area contributed by atoms with Crippen LogP contribution in [-0.4, -0.2) is 76.5 Å². The van der Waals surface area contributed by atoms with Gasteiger partial charge in [-0.1, -0.05) is 6.07 Å². The number of nitrogens with zero attached hydrogens (tertiary/aromatic N) is 3. The van der Waals surface area contributed by atoms with Crippen molar-refractivity contribution in [2.75, 3.05) is 58.3 Å². The lowest BCUT2D eigenvalue weighted by Crippen LogP contribution is -2.46. The van der Waals surface area contributed by atoms with Crippen LogP contribution in [0, 0.1) is 5.92 Å². The summed E-state index contributed by atoms with van der Waals surface area (Å²) >= 11 is 0. The molecule has 0 spiro atoms. The lowest BCUT2D eigenvalue weighted by atomic mass is 10.1. The topological polar surface area (TPSA) is 52.1 Å². The number of alkyl halides is 3. The Balaban J connectivity index is 0.00000320. The van der Waals surface area contributed by atoms with Gasteiger partial charge >= 0.3 is 6.18 Å². The first kappa shape index (κ1) is 24.8. The molecule has 10 heteroatoms. The van der Waals surface area contributed by atoms with Gasteiger partial charge in [0.15, 0.2) is 5.96 Å². The van der Waals surface area contributed by atoms with E-state index in [-0.39, 0.29) is 30.0 Å². The van der Waals surface area contributed by atoms with Crippen LogP contribution in [0.2, 0.25) is 0 Å². The Labute approximate surface area is 193 Å². The average molecular weight is 541 g/mol. The number of aliphatic imine (C=N–C) groups is 1. The van der Waals surface area contributed by atoms with E-state index in [9.17, 15) is 13.2 Å². The molecule has 2 unspecified atom stereocenters. The highest BCUT2D eigenvalue weighted by Crippen LogP contribution is 2.26. The van der Waals surface area contributed by atoms with Gasteiger partial charge in [0.05, 0.1) is 13.7 Å². The zero-order valence-corrected chi connectivity index (χ0v) is 19.7. The van der Waals surface area contributed by atoms with E-state index in [1.165, 1.54) is 4.90 Å². The SMILES string of the molecule is CN=C(NCC1CCN(c2cccc(OC)c2)C1)NC1CCN(CC(F)(F)F)C1.I. The fourth-order valence-electron chi connectivity index (χ4n) is 4.02. The van der Waals surface area contributed by atoms with Crippen molar-refractivity contribution < 1.29 is 17.9 Å². The van der Waals surface area contributed by atoms with Crippen LogP contribution in [0.25, 0.3) is 0 Å². The molecule has 2 aliphatic heterocycles. The molecule has 0 saturated carbocycles. The minimum absolute atomic E-state index is 0. The van der Waals surface area contributed by atoms with E-state index in [4.69, 9.17) is 4.74 Å². The van der Waals surface area contributed by atoms with Crippen molar-refractivity contribution in [3.63, 3.8) is 0 Å². The minimum atomic E-state index is -4.15. The number of benzene rings is 1. The molecule has 0 bridgehead atoms. The molecule has 0 radical (unpaired) electrons. The van der Waals surface area contributed by atoms with Crippen LogP contribution in [0.3, 0.4) is 0 Å². The monoisotopic (exact) mass is 541 g/mol. The summed E-state index contributed by atoms with van der Waals surface area (Å²) < 4.78 is 42.9. The predicted molar refractivity (Wildman–Crippen MR) is 124 cm³/mol. The molecule has 1 aromatic carbocycles. The van der Waals surface area contributed by atoms with Gasteiger partial charge in [-0.2, -0.15) is 13.2 Å². The average Bonchev–Trinajstić information content (AvgIpc) is 3.33. The van der Waals surface area contributed by atoms with E-state index in [0.717, 1.165) is 37.5 Å². The van der Waals surface area contributed by atoms with Crippen molar-refractivity contribution in [3.05, 3.63) is 24.3 Å². The van der Waals surface area contributed by atoms with Crippen molar-refractivity contribution in [2.24, 2.45) is 10.9 Å². The first-order valence-corrected chi connectivity index (χ1v) is 10.0. The number of methoxy groups -OCH3 is 1. The van der Waals surface area contributed by atoms with E-state index >= 15 is 0 Å². The Morgan fingerprint density at radius 3 is 2.73 bits per heavy atom. The molecular formula is C20H31F3IN5O. The second-order valence-corrected chi connectivity index (χ2v) is 7.74. The second kappa shape index (κ2) is 11.3. The van der Waals surface area contributed by atoms with E-state index in [2.05, 4.69) is 26.6 Å². The number of nitrogens with one attached hydrogen (secondary N) is 2. The molecule has 0 aliphatic carbocycles. The maximum absolute atomic E-state index is 12.5. The smallest absolute Gasteiger partial charge is 0.401 e. The Bertz CT molecular complexity index is 703. The fourth-order valence-corrected chi connectivity index (χ4v) is 4.02. The lowest BCUT2D eigenvalue weighted by Gasteiger charge is -2.21. The van der Waals surface area contributed by atoms with Crippen LogP contribution in [0.15, 0.2) is 29.3 Å². The summed E-state index contributed by atoms with van der Waals surface area (Å²) in [4.78, 5) is 8.02. The number of rotatable bonds is 6. The van der Waals surface area contributed by atoms with Gasteiger partial charge in [-0.3, -0.25) is 9.89 Å². The van der Waals surface area contributed by atoms with Gasteiger partial charge in [-0.25, -0.2) is 0 Å². The highest BCUT2D eigenvalue weighted by atomic mass is 127. The highest BCUT2D eigenvalue weighted by molar-refractivity contribution is 14.0. The van der Waals surface area contributed by atoms with E-state index in [1.54, 1.807) is 14.2 Å². The molecular weight excluding hydrogens is 510 g/mol. The summed E-state index contributed by atoms with van der Waals surface area (Å²) in [7, 11) is 3.36. The summed E-state index contributed by atoms with van der Waals surface area (Å²) in [5.74, 6) is 1.98. The molecule has 170 valence electrons. The third-order valence-corrected chi connectivity index (χ3v) is 5.50. The number of anilines is 1. The number of ether oxygens (including phenoxy) is 1. The van der Waals surface area contributed by atoms with Crippen LogP contribution in [0.4, 0.5) is 18.9 Å². The van der Waals surface area contributed by atoms with Gasteiger partial charge in [0.1, 0.15) is 5.75 Å². The molecule has 2 heterocycles. The van der Waals surface area contributed by atoms with Gasteiger partial charge in [0.25, 0.3) is 0 Å². The van der Waals surface area contributed by atoms with Crippen LogP contribution in [0.5, 0.6) is 5.75 Å². The molecule has 2 saturated heterocycles. The highest BCUT2D eigenvalue weighted by Gasteiger charge is 2.34. The summed E-state index contributed by atoms with van der Waals surface area (Å²) in [6.45, 7) is 2.69. The molecule has 30 heavy (non-hydrogen) atoms. The van der Waals surface area contributed by atoms with Crippen LogP contribution in [0.1, 0.15) is 12.8 Å². The van der Waals surface area contributed by atoms with Crippen LogP contribution in [-0.2, 0) is 0 Å². The van der Waals surface area contributed by atoms with Gasteiger partial charge in [0, 0.05) is 57.6 Å². The number of halogens is 4. The van der Waals surface area contributed by atoms with Gasteiger partial charge in [-0.05, 0) is 30.9 Å². The molecule has 0 aromatic heterocycles. The molecule has 0 amide bonds. The van der Waals surface area contributed by atoms with Crippen molar-refractivity contribution >= 4 is 35.6 Å². The van der Waals surface area contributed by atoms with Crippen molar-refractivity contribution in [1.29, 1.82) is 0 Å². The van der Waals surface area contributed by atoms with E-state index in [1.807, 2.05) is 18.2 Å². The molecule has 6 nitrogen and oxygen atoms in total. The normalized spacial score (nSPS) is 22.7. The zero-order chi connectivity index (χ0) is 20.9. The van der Waals surface area contributed by atoms with Crippen LogP contribution < -0.4 is 20.3 Å². The van der Waals surface area contributed by atoms with Crippen molar-refractivity contribution in [3.8, 4) is 5.75 Å². The molecule has 2 aliphatic rings. The molecule has 1 aromatic rings. The van der Waals surface area contributed by atoms with Crippen molar-refractivity contribution in [2.45, 2.75) is 25.1 Å². The predicted octanol–water partition coefficient (Wildman–Crippen LogP) is 2.94. The standard InChI is InChI=1S/C20H30F3N5O.HI/c1-24-19(26-16-7-8-27(13-16)14-20(21,22)23)25-11-15-6-9-28(12-15)17-4-3-5-18(10-17)29-2;/h3-5,10,15-16H,6-9,11-14H2,1-2H3,(H2,24,25,26);1H. The molecule has 2 N–H and O–H groups in total.